The van der Waals surface area contributed by atoms with Crippen LogP contribution in [0.5, 0.6) is 0 Å². The number of aliphatic hydroxyl groups excluding tert-OH is 1. The number of aromatic nitrogens is 4. The van der Waals surface area contributed by atoms with Crippen LogP contribution in [0, 0.1) is 5.82 Å². The van der Waals surface area contributed by atoms with E-state index >= 15 is 0 Å². The molecule has 4 heterocycles. The zero-order valence-electron chi connectivity index (χ0n) is 18.5. The van der Waals surface area contributed by atoms with Crippen molar-refractivity contribution in [2.24, 2.45) is 0 Å². The van der Waals surface area contributed by atoms with E-state index in [2.05, 4.69) is 21.9 Å². The van der Waals surface area contributed by atoms with Gasteiger partial charge in [-0.05, 0) is 56.2 Å². The lowest BCUT2D eigenvalue weighted by Gasteiger charge is -2.35. The van der Waals surface area contributed by atoms with Gasteiger partial charge in [0.2, 0.25) is 0 Å². The molecule has 0 aromatic carbocycles. The third-order valence-electron chi connectivity index (χ3n) is 6.02. The summed E-state index contributed by atoms with van der Waals surface area (Å²) >= 11 is 6.08. The number of piperidine rings is 1. The predicted octanol–water partition coefficient (Wildman–Crippen LogP) is 4.01. The minimum absolute atomic E-state index is 0.0108. The first-order valence-electron chi connectivity index (χ1n) is 11.0. The lowest BCUT2D eigenvalue weighted by Crippen LogP contribution is -2.40. The smallest absolute Gasteiger partial charge is 0.355 e. The van der Waals surface area contributed by atoms with Crippen molar-refractivity contribution in [1.29, 1.82) is 0 Å². The fraction of sp³-hybridized carbons (Fsp3) is 0.478. The summed E-state index contributed by atoms with van der Waals surface area (Å²) in [6, 6.07) is 3.24. The highest BCUT2D eigenvalue weighted by atomic mass is 35.5. The minimum Gasteiger partial charge on any atom is -0.396 e. The molecule has 1 aliphatic rings. The number of fused-ring (bicyclic) bond motifs is 1. The van der Waals surface area contributed by atoms with Crippen molar-refractivity contribution < 1.29 is 9.50 Å². The van der Waals surface area contributed by atoms with Crippen LogP contribution >= 0.6 is 11.6 Å². The molecule has 0 radical (unpaired) electrons. The lowest BCUT2D eigenvalue weighted by atomic mass is 10.0. The molecule has 32 heavy (non-hydrogen) atoms. The van der Waals surface area contributed by atoms with Crippen LogP contribution in [0.3, 0.4) is 0 Å². The molecule has 1 fully saturated rings. The maximum absolute atomic E-state index is 14.6. The van der Waals surface area contributed by atoms with Gasteiger partial charge in [0.05, 0.1) is 16.8 Å². The van der Waals surface area contributed by atoms with E-state index in [-0.39, 0.29) is 29.4 Å². The second-order valence-electron chi connectivity index (χ2n) is 8.56. The Morgan fingerprint density at radius 3 is 2.78 bits per heavy atom. The van der Waals surface area contributed by atoms with Crippen LogP contribution in [-0.2, 0) is 6.42 Å². The Morgan fingerprint density at radius 2 is 2.09 bits per heavy atom. The van der Waals surface area contributed by atoms with Gasteiger partial charge in [-0.25, -0.2) is 18.7 Å². The Balaban J connectivity index is 2.09. The number of rotatable bonds is 5. The number of aliphatic hydroxyl groups is 1. The Labute approximate surface area is 190 Å². The number of nitrogens with zero attached hydrogens (tertiary/aromatic N) is 5. The predicted molar refractivity (Wildman–Crippen MR) is 123 cm³/mol. The van der Waals surface area contributed by atoms with Crippen LogP contribution in [0.25, 0.3) is 16.7 Å². The molecule has 0 amide bonds. The van der Waals surface area contributed by atoms with E-state index in [1.54, 1.807) is 12.3 Å². The highest BCUT2D eigenvalue weighted by Gasteiger charge is 2.27. The fourth-order valence-corrected chi connectivity index (χ4v) is 4.57. The Kier molecular flexibility index (Phi) is 6.44. The number of pyridine rings is 2. The van der Waals surface area contributed by atoms with Crippen molar-refractivity contribution in [2.45, 2.75) is 58.4 Å². The first kappa shape index (κ1) is 22.6. The lowest BCUT2D eigenvalue weighted by molar-refractivity contribution is 0.299. The molecule has 0 unspecified atom stereocenters. The molecule has 0 aliphatic carbocycles. The molecule has 4 rings (SSSR count). The molecule has 3 aromatic rings. The quantitative estimate of drug-likeness (QED) is 0.580. The summed E-state index contributed by atoms with van der Waals surface area (Å²) in [5.41, 5.74) is 1.63. The molecule has 1 atom stereocenters. The summed E-state index contributed by atoms with van der Waals surface area (Å²) in [7, 11) is 0. The zero-order valence-corrected chi connectivity index (χ0v) is 19.2. The summed E-state index contributed by atoms with van der Waals surface area (Å²) in [5, 5.41) is 9.72. The number of hydrogen-bond donors (Lipinski definition) is 1. The van der Waals surface area contributed by atoms with Gasteiger partial charge < -0.3 is 10.0 Å². The van der Waals surface area contributed by atoms with Crippen LogP contribution in [0.15, 0.2) is 23.1 Å². The molecule has 9 heteroatoms. The first-order valence-corrected chi connectivity index (χ1v) is 11.4. The van der Waals surface area contributed by atoms with Gasteiger partial charge in [0.15, 0.2) is 16.6 Å². The Hall–Kier alpha value is -2.58. The third-order valence-corrected chi connectivity index (χ3v) is 6.29. The second-order valence-corrected chi connectivity index (χ2v) is 8.91. The van der Waals surface area contributed by atoms with E-state index in [1.165, 1.54) is 10.6 Å². The van der Waals surface area contributed by atoms with Gasteiger partial charge in [-0.1, -0.05) is 25.4 Å². The largest absolute Gasteiger partial charge is 0.396 e. The van der Waals surface area contributed by atoms with E-state index in [0.717, 1.165) is 31.4 Å². The summed E-state index contributed by atoms with van der Waals surface area (Å²) < 4.78 is 15.9. The molecule has 170 valence electrons. The number of halogens is 2. The maximum Gasteiger partial charge on any atom is 0.355 e. The van der Waals surface area contributed by atoms with Gasteiger partial charge in [-0.15, -0.1) is 0 Å². The Bertz CT molecular complexity index is 1210. The summed E-state index contributed by atoms with van der Waals surface area (Å²) in [4.78, 5) is 28.7. The van der Waals surface area contributed by atoms with Gasteiger partial charge in [0, 0.05) is 25.4 Å². The van der Waals surface area contributed by atoms with Gasteiger partial charge in [-0.2, -0.15) is 4.98 Å². The Morgan fingerprint density at radius 1 is 1.31 bits per heavy atom. The van der Waals surface area contributed by atoms with Crippen LogP contribution in [0.1, 0.15) is 57.2 Å². The number of anilines is 1. The van der Waals surface area contributed by atoms with Gasteiger partial charge in [-0.3, -0.25) is 4.98 Å². The maximum atomic E-state index is 14.6. The van der Waals surface area contributed by atoms with Crippen molar-refractivity contribution in [3.63, 3.8) is 0 Å². The van der Waals surface area contributed by atoms with Crippen molar-refractivity contribution in [3.8, 4) is 5.69 Å². The molecule has 1 aliphatic heterocycles. The molecule has 0 saturated carbocycles. The zero-order chi connectivity index (χ0) is 23.0. The highest BCUT2D eigenvalue weighted by Crippen LogP contribution is 2.33. The monoisotopic (exact) mass is 459 g/mol. The van der Waals surface area contributed by atoms with E-state index in [0.29, 0.717) is 29.0 Å². The SMILES string of the molecule is CC(C)c1nccc(CCO)c1-n1c(=O)nc(N2CCCC[C@@H]2C)c2cc(F)c(Cl)nc21. The topological polar surface area (TPSA) is 84.1 Å². The van der Waals surface area contributed by atoms with Crippen molar-refractivity contribution >= 4 is 28.5 Å². The first-order chi connectivity index (χ1) is 15.3. The molecule has 0 bridgehead atoms. The molecular weight excluding hydrogens is 433 g/mol. The van der Waals surface area contributed by atoms with Crippen molar-refractivity contribution in [3.05, 3.63) is 51.0 Å². The summed E-state index contributed by atoms with van der Waals surface area (Å²) in [6.45, 7) is 6.66. The summed E-state index contributed by atoms with van der Waals surface area (Å²) in [5.74, 6) is -0.249. The van der Waals surface area contributed by atoms with Gasteiger partial charge >= 0.3 is 5.69 Å². The van der Waals surface area contributed by atoms with E-state index in [4.69, 9.17) is 11.6 Å². The van der Waals surface area contributed by atoms with Crippen LogP contribution in [0.4, 0.5) is 10.2 Å². The minimum atomic E-state index is -0.664. The number of hydrogen-bond acceptors (Lipinski definition) is 6. The molecule has 0 spiro atoms. The molecule has 7 nitrogen and oxygen atoms in total. The highest BCUT2D eigenvalue weighted by molar-refractivity contribution is 6.30. The average Bonchev–Trinajstić information content (AvgIpc) is 2.75. The third kappa shape index (κ3) is 3.97. The average molecular weight is 460 g/mol. The van der Waals surface area contributed by atoms with E-state index in [1.807, 2.05) is 18.7 Å². The van der Waals surface area contributed by atoms with Crippen LogP contribution in [-0.4, -0.2) is 43.8 Å². The molecule has 1 N–H and O–H groups in total. The molecule has 1 saturated heterocycles. The van der Waals surface area contributed by atoms with E-state index < -0.39 is 11.5 Å². The molecule has 3 aromatic heterocycles. The van der Waals surface area contributed by atoms with Gasteiger partial charge in [0.1, 0.15) is 5.82 Å². The second kappa shape index (κ2) is 9.11. The fourth-order valence-electron chi connectivity index (χ4n) is 4.43. The van der Waals surface area contributed by atoms with Crippen molar-refractivity contribution in [1.82, 2.24) is 19.5 Å². The normalized spacial score (nSPS) is 16.8. The standard InChI is InChI=1S/C23H27ClFN5O2/c1-13(2)18-19(15(8-11-31)7-9-26-18)30-22-16(12-17(25)20(24)27-22)21(28-23(30)32)29-10-5-4-6-14(29)3/h7,9,12-14,31H,4-6,8,10-11H2,1-3H3/t14-/m0/s1. The summed E-state index contributed by atoms with van der Waals surface area (Å²) in [6.07, 6.45) is 5.03. The molecular formula is C23H27ClFN5O2. The van der Waals surface area contributed by atoms with Crippen molar-refractivity contribution in [2.75, 3.05) is 18.1 Å². The van der Waals surface area contributed by atoms with E-state index in [9.17, 15) is 14.3 Å². The van der Waals surface area contributed by atoms with Gasteiger partial charge in [0.25, 0.3) is 0 Å². The van der Waals surface area contributed by atoms with Crippen LogP contribution < -0.4 is 10.6 Å². The van der Waals surface area contributed by atoms with Crippen LogP contribution in [0.2, 0.25) is 5.15 Å².